The van der Waals surface area contributed by atoms with Crippen molar-refractivity contribution >= 4 is 17.6 Å². The van der Waals surface area contributed by atoms with E-state index >= 15 is 0 Å². The summed E-state index contributed by atoms with van der Waals surface area (Å²) in [7, 11) is 0. The highest BCUT2D eigenvalue weighted by molar-refractivity contribution is 5.77. The van der Waals surface area contributed by atoms with E-state index in [1.165, 1.54) is 6.07 Å². The summed E-state index contributed by atoms with van der Waals surface area (Å²) in [6.45, 7) is 4.00. The molecule has 6 heteroatoms. The summed E-state index contributed by atoms with van der Waals surface area (Å²) in [4.78, 5) is 26.4. The fourth-order valence-electron chi connectivity index (χ4n) is 2.70. The van der Waals surface area contributed by atoms with Crippen molar-refractivity contribution in [1.29, 1.82) is 0 Å². The number of amides is 1. The van der Waals surface area contributed by atoms with Crippen LogP contribution in [0.2, 0.25) is 0 Å². The lowest BCUT2D eigenvalue weighted by Gasteiger charge is -2.36. The molecule has 0 bridgehead atoms. The zero-order chi connectivity index (χ0) is 16.1. The smallest absolute Gasteiger partial charge is 0.303 e. The Morgan fingerprint density at radius 3 is 2.41 bits per heavy atom. The molecule has 1 fully saturated rings. The van der Waals surface area contributed by atoms with Gasteiger partial charge in [0, 0.05) is 39.0 Å². The molecule has 1 heterocycles. The maximum atomic E-state index is 13.7. The van der Waals surface area contributed by atoms with Gasteiger partial charge in [-0.1, -0.05) is 19.1 Å². The van der Waals surface area contributed by atoms with Gasteiger partial charge in [0.25, 0.3) is 0 Å². The predicted molar refractivity (Wildman–Crippen MR) is 81.2 cm³/mol. The average molecular weight is 308 g/mol. The Morgan fingerprint density at radius 1 is 1.18 bits per heavy atom. The average Bonchev–Trinajstić information content (AvgIpc) is 2.47. The summed E-state index contributed by atoms with van der Waals surface area (Å²) in [5.41, 5.74) is 0.564. The molecular weight excluding hydrogens is 287 g/mol. The maximum Gasteiger partial charge on any atom is 0.303 e. The van der Waals surface area contributed by atoms with Crippen LogP contribution in [0.1, 0.15) is 19.8 Å². The number of rotatable bonds is 5. The molecule has 1 aromatic rings. The number of halogens is 1. The Morgan fingerprint density at radius 2 is 1.82 bits per heavy atom. The molecule has 120 valence electrons. The van der Waals surface area contributed by atoms with Crippen molar-refractivity contribution in [2.75, 3.05) is 31.1 Å². The van der Waals surface area contributed by atoms with E-state index in [1.807, 2.05) is 4.90 Å². The van der Waals surface area contributed by atoms with Crippen molar-refractivity contribution < 1.29 is 19.1 Å². The molecular formula is C16H21FN2O3. The van der Waals surface area contributed by atoms with Crippen LogP contribution in [0.15, 0.2) is 24.3 Å². The first kappa shape index (κ1) is 16.3. The number of carboxylic acids is 1. The minimum absolute atomic E-state index is 0.000924. The highest BCUT2D eigenvalue weighted by Crippen LogP contribution is 2.20. The van der Waals surface area contributed by atoms with Crippen LogP contribution in [0.4, 0.5) is 10.1 Å². The van der Waals surface area contributed by atoms with Gasteiger partial charge in [-0.15, -0.1) is 0 Å². The molecule has 1 saturated heterocycles. The van der Waals surface area contributed by atoms with Crippen molar-refractivity contribution in [3.05, 3.63) is 30.1 Å². The minimum atomic E-state index is -0.885. The molecule has 0 spiro atoms. The van der Waals surface area contributed by atoms with Crippen molar-refractivity contribution in [1.82, 2.24) is 4.90 Å². The molecule has 0 aromatic heterocycles. The third-order valence-corrected chi connectivity index (χ3v) is 3.87. The molecule has 22 heavy (non-hydrogen) atoms. The van der Waals surface area contributed by atoms with E-state index in [2.05, 4.69) is 0 Å². The fourth-order valence-corrected chi connectivity index (χ4v) is 2.70. The summed E-state index contributed by atoms with van der Waals surface area (Å²) in [5.74, 6) is -1.33. The number of piperazine rings is 1. The molecule has 5 nitrogen and oxygen atoms in total. The SMILES string of the molecule is C[C@H](CC(=O)O)CC(=O)N1CCN(c2ccccc2F)CC1. The number of hydrogen-bond acceptors (Lipinski definition) is 3. The minimum Gasteiger partial charge on any atom is -0.481 e. The van der Waals surface area contributed by atoms with E-state index in [0.717, 1.165) is 0 Å². The molecule has 0 unspecified atom stereocenters. The summed E-state index contributed by atoms with van der Waals surface area (Å²) < 4.78 is 13.7. The van der Waals surface area contributed by atoms with E-state index in [-0.39, 0.29) is 30.5 Å². The molecule has 1 atom stereocenters. The van der Waals surface area contributed by atoms with E-state index in [1.54, 1.807) is 30.0 Å². The maximum absolute atomic E-state index is 13.7. The number of hydrogen-bond donors (Lipinski definition) is 1. The highest BCUT2D eigenvalue weighted by Gasteiger charge is 2.24. The topological polar surface area (TPSA) is 60.9 Å². The largest absolute Gasteiger partial charge is 0.481 e. The van der Waals surface area contributed by atoms with Gasteiger partial charge >= 0.3 is 5.97 Å². The van der Waals surface area contributed by atoms with E-state index < -0.39 is 5.97 Å². The number of carbonyl (C=O) groups is 2. The second-order valence-corrected chi connectivity index (χ2v) is 5.73. The first-order chi connectivity index (χ1) is 10.5. The van der Waals surface area contributed by atoms with Crippen LogP contribution in [-0.4, -0.2) is 48.1 Å². The van der Waals surface area contributed by atoms with Crippen molar-refractivity contribution in [3.8, 4) is 0 Å². The van der Waals surface area contributed by atoms with Crippen LogP contribution in [0, 0.1) is 11.7 Å². The van der Waals surface area contributed by atoms with Crippen LogP contribution < -0.4 is 4.90 Å². The van der Waals surface area contributed by atoms with E-state index in [0.29, 0.717) is 31.9 Å². The number of carbonyl (C=O) groups excluding carboxylic acids is 1. The van der Waals surface area contributed by atoms with Crippen molar-refractivity contribution in [3.63, 3.8) is 0 Å². The van der Waals surface area contributed by atoms with Gasteiger partial charge in [0.2, 0.25) is 5.91 Å². The zero-order valence-corrected chi connectivity index (χ0v) is 12.7. The van der Waals surface area contributed by atoms with E-state index in [9.17, 15) is 14.0 Å². The molecule has 0 aliphatic carbocycles. The van der Waals surface area contributed by atoms with Crippen molar-refractivity contribution in [2.45, 2.75) is 19.8 Å². The van der Waals surface area contributed by atoms with Crippen LogP contribution in [0.25, 0.3) is 0 Å². The standard InChI is InChI=1S/C16H21FN2O3/c1-12(11-16(21)22)10-15(20)19-8-6-18(7-9-19)14-5-3-2-4-13(14)17/h2-5,12H,6-11H2,1H3,(H,21,22)/t12-/m0/s1. The Hall–Kier alpha value is -2.11. The second kappa shape index (κ2) is 7.24. The quantitative estimate of drug-likeness (QED) is 0.903. The van der Waals surface area contributed by atoms with Gasteiger partial charge in [-0.25, -0.2) is 4.39 Å². The lowest BCUT2D eigenvalue weighted by Crippen LogP contribution is -2.49. The summed E-state index contributed by atoms with van der Waals surface area (Å²) in [6, 6.07) is 6.62. The Balaban J connectivity index is 1.85. The number of nitrogens with zero attached hydrogens (tertiary/aromatic N) is 2. The summed E-state index contributed by atoms with van der Waals surface area (Å²) in [6.07, 6.45) is 0.243. The zero-order valence-electron chi connectivity index (χ0n) is 12.7. The number of anilines is 1. The van der Waals surface area contributed by atoms with Gasteiger partial charge in [0.1, 0.15) is 5.82 Å². The lowest BCUT2D eigenvalue weighted by molar-refractivity contribution is -0.138. The Bertz CT molecular complexity index is 542. The molecule has 1 amide bonds. The highest BCUT2D eigenvalue weighted by atomic mass is 19.1. The molecule has 0 saturated carbocycles. The third-order valence-electron chi connectivity index (χ3n) is 3.87. The third kappa shape index (κ3) is 4.19. The molecule has 1 aliphatic rings. The van der Waals surface area contributed by atoms with Gasteiger partial charge in [0.15, 0.2) is 0 Å². The lowest BCUT2D eigenvalue weighted by atomic mass is 10.0. The van der Waals surface area contributed by atoms with Gasteiger partial charge in [-0.05, 0) is 18.1 Å². The van der Waals surface area contributed by atoms with Crippen molar-refractivity contribution in [2.24, 2.45) is 5.92 Å². The number of carboxylic acid groups (broad SMARTS) is 1. The summed E-state index contributed by atoms with van der Waals surface area (Å²) in [5, 5.41) is 8.73. The predicted octanol–water partition coefficient (Wildman–Crippen LogP) is 1.98. The fraction of sp³-hybridized carbons (Fsp3) is 0.500. The van der Waals surface area contributed by atoms with Crippen LogP contribution in [-0.2, 0) is 9.59 Å². The van der Waals surface area contributed by atoms with Crippen LogP contribution in [0.3, 0.4) is 0 Å². The molecule has 1 aliphatic heterocycles. The monoisotopic (exact) mass is 308 g/mol. The Labute approximate surface area is 129 Å². The number of para-hydroxylation sites is 1. The molecule has 2 rings (SSSR count). The molecule has 1 aromatic carbocycles. The molecule has 0 radical (unpaired) electrons. The van der Waals surface area contributed by atoms with Crippen LogP contribution in [0.5, 0.6) is 0 Å². The van der Waals surface area contributed by atoms with Gasteiger partial charge in [-0.3, -0.25) is 9.59 Å². The normalized spacial score (nSPS) is 16.5. The summed E-state index contributed by atoms with van der Waals surface area (Å²) >= 11 is 0. The second-order valence-electron chi connectivity index (χ2n) is 5.73. The van der Waals surface area contributed by atoms with Gasteiger partial charge in [0.05, 0.1) is 5.69 Å². The number of aliphatic carboxylic acids is 1. The molecule has 1 N–H and O–H groups in total. The Kier molecular flexibility index (Phi) is 5.35. The first-order valence-corrected chi connectivity index (χ1v) is 7.46. The first-order valence-electron chi connectivity index (χ1n) is 7.46. The van der Waals surface area contributed by atoms with Crippen LogP contribution >= 0.6 is 0 Å². The number of benzene rings is 1. The van der Waals surface area contributed by atoms with Gasteiger partial charge in [-0.2, -0.15) is 0 Å². The van der Waals surface area contributed by atoms with E-state index in [4.69, 9.17) is 5.11 Å². The van der Waals surface area contributed by atoms with Gasteiger partial charge < -0.3 is 14.9 Å².